The van der Waals surface area contributed by atoms with Gasteiger partial charge in [0.05, 0.1) is 5.52 Å². The Morgan fingerprint density at radius 1 is 0.947 bits per heavy atom. The van der Waals surface area contributed by atoms with Crippen LogP contribution in [-0.2, 0) is 0 Å². The highest BCUT2D eigenvalue weighted by molar-refractivity contribution is 6.31. The van der Waals surface area contributed by atoms with E-state index in [9.17, 15) is 0 Å². The van der Waals surface area contributed by atoms with Gasteiger partial charge in [0.15, 0.2) is 0 Å². The lowest BCUT2D eigenvalue weighted by molar-refractivity contribution is 1.10. The molecule has 0 saturated carbocycles. The molecule has 96 valence electrons. The van der Waals surface area contributed by atoms with E-state index in [0.29, 0.717) is 0 Å². The number of hydrogen-bond donors (Lipinski definition) is 0. The minimum atomic E-state index is 0.735. The van der Waals surface area contributed by atoms with Gasteiger partial charge in [-0.3, -0.25) is 0 Å². The quantitative estimate of drug-likeness (QED) is 0.672. The molecule has 2 aromatic carbocycles. The molecule has 2 nitrogen and oxygen atoms in total. The van der Waals surface area contributed by atoms with Crippen molar-refractivity contribution in [1.29, 1.82) is 0 Å². The van der Waals surface area contributed by atoms with Gasteiger partial charge in [0, 0.05) is 30.9 Å². The molecule has 0 bridgehead atoms. The number of nitrogens with zero attached hydrogens (tertiary/aromatic N) is 2. The molecule has 3 rings (SSSR count). The SMILES string of the molecule is CN(C)c1ccc(-n2c(Cl)cc3ccccc32)cc1. The molecular formula is C16H15ClN2. The fourth-order valence-electron chi connectivity index (χ4n) is 2.28. The summed E-state index contributed by atoms with van der Waals surface area (Å²) in [5.41, 5.74) is 3.39. The molecule has 3 aromatic rings. The third kappa shape index (κ3) is 2.08. The van der Waals surface area contributed by atoms with E-state index in [2.05, 4.69) is 45.9 Å². The molecule has 0 radical (unpaired) electrons. The molecule has 3 heteroatoms. The van der Waals surface area contributed by atoms with Gasteiger partial charge in [-0.15, -0.1) is 0 Å². The molecule has 0 N–H and O–H groups in total. The number of anilines is 1. The van der Waals surface area contributed by atoms with E-state index >= 15 is 0 Å². The molecule has 0 saturated heterocycles. The highest BCUT2D eigenvalue weighted by Gasteiger charge is 2.08. The van der Waals surface area contributed by atoms with Crippen molar-refractivity contribution >= 4 is 28.2 Å². The van der Waals surface area contributed by atoms with Crippen LogP contribution in [0.1, 0.15) is 0 Å². The molecule has 0 fully saturated rings. The monoisotopic (exact) mass is 270 g/mol. The van der Waals surface area contributed by atoms with Crippen molar-refractivity contribution in [2.45, 2.75) is 0 Å². The predicted molar refractivity (Wildman–Crippen MR) is 82.6 cm³/mol. The van der Waals surface area contributed by atoms with Crippen LogP contribution in [0.15, 0.2) is 54.6 Å². The van der Waals surface area contributed by atoms with Crippen LogP contribution in [0.25, 0.3) is 16.6 Å². The van der Waals surface area contributed by atoms with Crippen molar-refractivity contribution in [2.24, 2.45) is 0 Å². The number of halogens is 1. The summed E-state index contributed by atoms with van der Waals surface area (Å²) >= 11 is 6.36. The summed E-state index contributed by atoms with van der Waals surface area (Å²) in [5, 5.41) is 1.89. The molecular weight excluding hydrogens is 256 g/mol. The Labute approximate surface area is 117 Å². The Kier molecular flexibility index (Phi) is 2.96. The summed E-state index contributed by atoms with van der Waals surface area (Å²) in [4.78, 5) is 2.08. The Hall–Kier alpha value is -1.93. The molecule has 19 heavy (non-hydrogen) atoms. The average Bonchev–Trinajstić information content (AvgIpc) is 2.74. The Morgan fingerprint density at radius 3 is 2.32 bits per heavy atom. The summed E-state index contributed by atoms with van der Waals surface area (Å²) in [6, 6.07) is 18.6. The molecule has 0 spiro atoms. The summed E-state index contributed by atoms with van der Waals surface area (Å²) in [6.45, 7) is 0. The van der Waals surface area contributed by atoms with E-state index in [1.54, 1.807) is 0 Å². The van der Waals surface area contributed by atoms with Crippen molar-refractivity contribution in [1.82, 2.24) is 4.57 Å². The summed E-state index contributed by atoms with van der Waals surface area (Å²) in [7, 11) is 4.07. The van der Waals surface area contributed by atoms with Crippen LogP contribution in [-0.4, -0.2) is 18.7 Å². The third-order valence-corrected chi connectivity index (χ3v) is 3.57. The fraction of sp³-hybridized carbons (Fsp3) is 0.125. The topological polar surface area (TPSA) is 8.17 Å². The Bertz CT molecular complexity index is 711. The van der Waals surface area contributed by atoms with Crippen molar-refractivity contribution < 1.29 is 0 Å². The van der Waals surface area contributed by atoms with Crippen molar-refractivity contribution in [3.8, 4) is 5.69 Å². The maximum atomic E-state index is 6.36. The van der Waals surface area contributed by atoms with Crippen LogP contribution in [0.3, 0.4) is 0 Å². The second kappa shape index (κ2) is 4.63. The standard InChI is InChI=1S/C16H15ClN2/c1-18(2)13-7-9-14(10-8-13)19-15-6-4-3-5-12(15)11-16(19)17/h3-11H,1-2H3. The summed E-state index contributed by atoms with van der Waals surface area (Å²) in [6.07, 6.45) is 0. The minimum absolute atomic E-state index is 0.735. The first-order valence-electron chi connectivity index (χ1n) is 6.20. The van der Waals surface area contributed by atoms with Gasteiger partial charge in [0.25, 0.3) is 0 Å². The molecule has 0 aliphatic carbocycles. The van der Waals surface area contributed by atoms with Crippen LogP contribution in [0.2, 0.25) is 5.15 Å². The van der Waals surface area contributed by atoms with Gasteiger partial charge in [0.1, 0.15) is 5.15 Å². The zero-order valence-corrected chi connectivity index (χ0v) is 11.7. The second-order valence-corrected chi connectivity index (χ2v) is 5.16. The van der Waals surface area contributed by atoms with Gasteiger partial charge in [-0.25, -0.2) is 0 Å². The van der Waals surface area contributed by atoms with Crippen molar-refractivity contribution in [3.05, 3.63) is 59.8 Å². The lowest BCUT2D eigenvalue weighted by atomic mass is 10.2. The maximum absolute atomic E-state index is 6.36. The minimum Gasteiger partial charge on any atom is -0.378 e. The lowest BCUT2D eigenvalue weighted by Gasteiger charge is -2.14. The van der Waals surface area contributed by atoms with Crippen LogP contribution in [0, 0.1) is 0 Å². The molecule has 1 heterocycles. The van der Waals surface area contributed by atoms with E-state index in [4.69, 9.17) is 11.6 Å². The first kappa shape index (κ1) is 12.1. The first-order valence-corrected chi connectivity index (χ1v) is 6.58. The van der Waals surface area contributed by atoms with E-state index in [1.165, 1.54) is 5.69 Å². The molecule has 0 atom stereocenters. The second-order valence-electron chi connectivity index (χ2n) is 4.77. The van der Waals surface area contributed by atoms with Crippen molar-refractivity contribution in [2.75, 3.05) is 19.0 Å². The summed E-state index contributed by atoms with van der Waals surface area (Å²) in [5.74, 6) is 0. The number of rotatable bonds is 2. The van der Waals surface area contributed by atoms with Crippen LogP contribution in [0.4, 0.5) is 5.69 Å². The van der Waals surface area contributed by atoms with E-state index in [0.717, 1.165) is 21.7 Å². The molecule has 0 amide bonds. The Balaban J connectivity index is 2.16. The predicted octanol–water partition coefficient (Wildman–Crippen LogP) is 4.35. The number of fused-ring (bicyclic) bond motifs is 1. The number of para-hydroxylation sites is 1. The molecule has 0 aliphatic rings. The van der Waals surface area contributed by atoms with Gasteiger partial charge in [0.2, 0.25) is 0 Å². The third-order valence-electron chi connectivity index (χ3n) is 3.29. The zero-order chi connectivity index (χ0) is 13.4. The molecule has 1 aromatic heterocycles. The lowest BCUT2D eigenvalue weighted by Crippen LogP contribution is -2.08. The normalized spacial score (nSPS) is 10.9. The fourth-order valence-corrected chi connectivity index (χ4v) is 2.59. The Morgan fingerprint density at radius 2 is 1.63 bits per heavy atom. The van der Waals surface area contributed by atoms with Crippen LogP contribution in [0.5, 0.6) is 0 Å². The van der Waals surface area contributed by atoms with E-state index in [1.807, 2.05) is 32.3 Å². The highest BCUT2D eigenvalue weighted by atomic mass is 35.5. The van der Waals surface area contributed by atoms with Gasteiger partial charge in [-0.05, 0) is 36.4 Å². The van der Waals surface area contributed by atoms with Gasteiger partial charge in [-0.1, -0.05) is 29.8 Å². The number of benzene rings is 2. The zero-order valence-electron chi connectivity index (χ0n) is 11.0. The van der Waals surface area contributed by atoms with Crippen LogP contribution < -0.4 is 4.90 Å². The van der Waals surface area contributed by atoms with E-state index in [-0.39, 0.29) is 0 Å². The van der Waals surface area contributed by atoms with Gasteiger partial charge >= 0.3 is 0 Å². The van der Waals surface area contributed by atoms with Gasteiger partial charge < -0.3 is 9.47 Å². The van der Waals surface area contributed by atoms with Gasteiger partial charge in [-0.2, -0.15) is 0 Å². The van der Waals surface area contributed by atoms with Crippen molar-refractivity contribution in [3.63, 3.8) is 0 Å². The molecule has 0 aliphatic heterocycles. The largest absolute Gasteiger partial charge is 0.378 e. The molecule has 0 unspecified atom stereocenters. The van der Waals surface area contributed by atoms with E-state index < -0.39 is 0 Å². The highest BCUT2D eigenvalue weighted by Crippen LogP contribution is 2.28. The summed E-state index contributed by atoms with van der Waals surface area (Å²) < 4.78 is 2.07. The maximum Gasteiger partial charge on any atom is 0.114 e. The van der Waals surface area contributed by atoms with Crippen LogP contribution >= 0.6 is 11.6 Å². The smallest absolute Gasteiger partial charge is 0.114 e. The number of aromatic nitrogens is 1. The average molecular weight is 271 g/mol. The first-order chi connectivity index (χ1) is 9.16. The number of hydrogen-bond acceptors (Lipinski definition) is 1.